The second-order valence-electron chi connectivity index (χ2n) is 5.35. The highest BCUT2D eigenvalue weighted by atomic mass is 32.2. The Kier molecular flexibility index (Phi) is 5.20. The largest absolute Gasteiger partial charge is 0.462 e. The van der Waals surface area contributed by atoms with Crippen molar-refractivity contribution in [2.75, 3.05) is 19.7 Å². The minimum Gasteiger partial charge on any atom is -0.462 e. The molecule has 0 aromatic heterocycles. The summed E-state index contributed by atoms with van der Waals surface area (Å²) in [5.74, 6) is -0.518. The van der Waals surface area contributed by atoms with Crippen molar-refractivity contribution < 1.29 is 17.9 Å². The normalized spacial score (nSPS) is 19.3. The molecule has 7 heteroatoms. The number of esters is 1. The maximum atomic E-state index is 12.9. The minimum atomic E-state index is -3.66. The number of sulfonamides is 1. The van der Waals surface area contributed by atoms with E-state index in [0.29, 0.717) is 18.7 Å². The zero-order valence-electron chi connectivity index (χ0n) is 12.9. The van der Waals surface area contributed by atoms with Gasteiger partial charge in [0.2, 0.25) is 10.0 Å². The number of ether oxygens (including phenoxy) is 1. The predicted molar refractivity (Wildman–Crippen MR) is 83.1 cm³/mol. The van der Waals surface area contributed by atoms with Gasteiger partial charge in [-0.15, -0.1) is 0 Å². The maximum absolute atomic E-state index is 12.9. The van der Waals surface area contributed by atoms with E-state index < -0.39 is 16.0 Å². The van der Waals surface area contributed by atoms with Crippen LogP contribution in [0.3, 0.4) is 0 Å². The number of carbonyl (C=O) groups is 1. The topological polar surface area (TPSA) is 89.7 Å². The van der Waals surface area contributed by atoms with Gasteiger partial charge < -0.3 is 10.5 Å². The van der Waals surface area contributed by atoms with E-state index in [-0.39, 0.29) is 23.1 Å². The van der Waals surface area contributed by atoms with Crippen molar-refractivity contribution in [3.05, 3.63) is 29.3 Å². The molecule has 1 heterocycles. The van der Waals surface area contributed by atoms with Gasteiger partial charge in [-0.3, -0.25) is 0 Å². The predicted octanol–water partition coefficient (Wildman–Crippen LogP) is 1.28. The first-order valence-electron chi connectivity index (χ1n) is 7.41. The molecule has 1 saturated heterocycles. The SMILES string of the molecule is CCOC(=O)c1ccc(C)c(S(=O)(=O)N2CCCC2CN)c1. The van der Waals surface area contributed by atoms with Gasteiger partial charge in [0.15, 0.2) is 0 Å². The Bertz CT molecular complexity index is 658. The van der Waals surface area contributed by atoms with Crippen molar-refractivity contribution in [2.45, 2.75) is 37.6 Å². The fourth-order valence-electron chi connectivity index (χ4n) is 2.71. The van der Waals surface area contributed by atoms with E-state index in [1.54, 1.807) is 26.0 Å². The lowest BCUT2D eigenvalue weighted by molar-refractivity contribution is 0.0526. The number of hydrogen-bond donors (Lipinski definition) is 1. The molecule has 1 aromatic carbocycles. The Morgan fingerprint density at radius 2 is 2.18 bits per heavy atom. The summed E-state index contributed by atoms with van der Waals surface area (Å²) in [4.78, 5) is 12.0. The molecule has 2 rings (SSSR count). The molecule has 122 valence electrons. The lowest BCUT2D eigenvalue weighted by atomic mass is 10.1. The number of hydrogen-bond acceptors (Lipinski definition) is 5. The van der Waals surface area contributed by atoms with Crippen molar-refractivity contribution in [2.24, 2.45) is 5.73 Å². The Labute approximate surface area is 131 Å². The summed E-state index contributed by atoms with van der Waals surface area (Å²) in [6, 6.07) is 4.44. The van der Waals surface area contributed by atoms with E-state index in [1.165, 1.54) is 10.4 Å². The molecule has 1 fully saturated rings. The van der Waals surface area contributed by atoms with Gasteiger partial charge in [-0.25, -0.2) is 13.2 Å². The molecule has 1 unspecified atom stereocenters. The summed E-state index contributed by atoms with van der Waals surface area (Å²) in [6.07, 6.45) is 1.57. The highest BCUT2D eigenvalue weighted by Crippen LogP contribution is 2.28. The number of aryl methyl sites for hydroxylation is 1. The molecule has 1 atom stereocenters. The number of carbonyl (C=O) groups excluding carboxylic acids is 1. The fraction of sp³-hybridized carbons (Fsp3) is 0.533. The van der Waals surface area contributed by atoms with E-state index in [4.69, 9.17) is 10.5 Å². The van der Waals surface area contributed by atoms with Crippen LogP contribution >= 0.6 is 0 Å². The number of nitrogens with two attached hydrogens (primary N) is 1. The summed E-state index contributed by atoms with van der Waals surface area (Å²) < 4.78 is 32.1. The van der Waals surface area contributed by atoms with Gasteiger partial charge in [-0.05, 0) is 44.4 Å². The van der Waals surface area contributed by atoms with Crippen molar-refractivity contribution in [1.82, 2.24) is 4.31 Å². The Balaban J connectivity index is 2.42. The average molecular weight is 326 g/mol. The van der Waals surface area contributed by atoms with Crippen LogP contribution < -0.4 is 5.73 Å². The zero-order chi connectivity index (χ0) is 16.3. The van der Waals surface area contributed by atoms with E-state index >= 15 is 0 Å². The summed E-state index contributed by atoms with van der Waals surface area (Å²) in [5.41, 5.74) is 6.53. The summed E-state index contributed by atoms with van der Waals surface area (Å²) >= 11 is 0. The molecule has 0 saturated carbocycles. The van der Waals surface area contributed by atoms with Crippen LogP contribution in [0.5, 0.6) is 0 Å². The first kappa shape index (κ1) is 16.9. The van der Waals surface area contributed by atoms with Crippen LogP contribution in [0.15, 0.2) is 23.1 Å². The summed E-state index contributed by atoms with van der Waals surface area (Å²) in [7, 11) is -3.66. The number of rotatable bonds is 5. The van der Waals surface area contributed by atoms with Crippen LogP contribution in [0, 0.1) is 6.92 Å². The molecule has 22 heavy (non-hydrogen) atoms. The number of nitrogens with zero attached hydrogens (tertiary/aromatic N) is 1. The third-order valence-electron chi connectivity index (χ3n) is 3.88. The Hall–Kier alpha value is -1.44. The molecule has 1 aromatic rings. The highest BCUT2D eigenvalue weighted by Gasteiger charge is 2.35. The third-order valence-corrected chi connectivity index (χ3v) is 5.97. The Morgan fingerprint density at radius 1 is 1.45 bits per heavy atom. The van der Waals surface area contributed by atoms with Gasteiger partial charge >= 0.3 is 5.97 Å². The molecule has 1 aliphatic rings. The minimum absolute atomic E-state index is 0.151. The first-order valence-corrected chi connectivity index (χ1v) is 8.85. The molecular formula is C15H22N2O4S. The molecule has 0 aliphatic carbocycles. The highest BCUT2D eigenvalue weighted by molar-refractivity contribution is 7.89. The van der Waals surface area contributed by atoms with Crippen LogP contribution in [0.1, 0.15) is 35.7 Å². The molecule has 1 aliphatic heterocycles. The second-order valence-corrected chi connectivity index (χ2v) is 7.21. The lowest BCUT2D eigenvalue weighted by Gasteiger charge is -2.24. The van der Waals surface area contributed by atoms with Crippen molar-refractivity contribution >= 4 is 16.0 Å². The summed E-state index contributed by atoms with van der Waals surface area (Å²) in [6.45, 7) is 4.44. The van der Waals surface area contributed by atoms with Crippen LogP contribution in [0.4, 0.5) is 0 Å². The standard InChI is InChI=1S/C15H22N2O4S/c1-3-21-15(18)12-7-6-11(2)14(9-12)22(19,20)17-8-4-5-13(17)10-16/h6-7,9,13H,3-5,8,10,16H2,1-2H3. The van der Waals surface area contributed by atoms with Crippen molar-refractivity contribution in [3.8, 4) is 0 Å². The quantitative estimate of drug-likeness (QED) is 0.823. The van der Waals surface area contributed by atoms with Gasteiger partial charge in [0.05, 0.1) is 17.1 Å². The van der Waals surface area contributed by atoms with E-state index in [2.05, 4.69) is 0 Å². The van der Waals surface area contributed by atoms with Crippen LogP contribution in [0.2, 0.25) is 0 Å². The van der Waals surface area contributed by atoms with Gasteiger partial charge in [-0.2, -0.15) is 4.31 Å². The van der Waals surface area contributed by atoms with Crippen LogP contribution in [-0.2, 0) is 14.8 Å². The van der Waals surface area contributed by atoms with Gasteiger partial charge in [0, 0.05) is 19.1 Å². The lowest BCUT2D eigenvalue weighted by Crippen LogP contribution is -2.40. The van der Waals surface area contributed by atoms with Crippen LogP contribution in [0.25, 0.3) is 0 Å². The van der Waals surface area contributed by atoms with Crippen LogP contribution in [-0.4, -0.2) is 44.4 Å². The van der Waals surface area contributed by atoms with E-state index in [9.17, 15) is 13.2 Å². The zero-order valence-corrected chi connectivity index (χ0v) is 13.7. The molecule has 6 nitrogen and oxygen atoms in total. The number of benzene rings is 1. The molecule has 0 bridgehead atoms. The molecule has 0 spiro atoms. The molecular weight excluding hydrogens is 304 g/mol. The second kappa shape index (κ2) is 6.76. The molecule has 0 radical (unpaired) electrons. The van der Waals surface area contributed by atoms with Gasteiger partial charge in [0.25, 0.3) is 0 Å². The van der Waals surface area contributed by atoms with E-state index in [0.717, 1.165) is 12.8 Å². The molecule has 0 amide bonds. The smallest absolute Gasteiger partial charge is 0.338 e. The van der Waals surface area contributed by atoms with Gasteiger partial charge in [-0.1, -0.05) is 6.07 Å². The Morgan fingerprint density at radius 3 is 2.82 bits per heavy atom. The van der Waals surface area contributed by atoms with Crippen molar-refractivity contribution in [3.63, 3.8) is 0 Å². The van der Waals surface area contributed by atoms with Gasteiger partial charge in [0.1, 0.15) is 0 Å². The van der Waals surface area contributed by atoms with E-state index in [1.807, 2.05) is 0 Å². The fourth-order valence-corrected chi connectivity index (χ4v) is 4.66. The summed E-state index contributed by atoms with van der Waals surface area (Å²) in [5, 5.41) is 0. The maximum Gasteiger partial charge on any atom is 0.338 e. The molecule has 2 N–H and O–H groups in total. The average Bonchev–Trinajstić information content (AvgIpc) is 2.97. The third kappa shape index (κ3) is 3.16. The first-order chi connectivity index (χ1) is 10.4. The monoisotopic (exact) mass is 326 g/mol. The van der Waals surface area contributed by atoms with Crippen molar-refractivity contribution in [1.29, 1.82) is 0 Å².